The number of ether oxygens (including phenoxy) is 2. The molecule has 0 saturated carbocycles. The van der Waals surface area contributed by atoms with Crippen LogP contribution in [-0.4, -0.2) is 39.1 Å². The van der Waals surface area contributed by atoms with Crippen LogP contribution < -0.4 is 20.1 Å². The fourth-order valence-corrected chi connectivity index (χ4v) is 2.57. The monoisotopic (exact) mass is 334 g/mol. The molecule has 0 aliphatic carbocycles. The Labute approximate surface area is 138 Å². The summed E-state index contributed by atoms with van der Waals surface area (Å²) in [4.78, 5) is 24.4. The van der Waals surface area contributed by atoms with Gasteiger partial charge in [0, 0.05) is 18.7 Å². The molecule has 6 nitrogen and oxygen atoms in total. The number of thiophene rings is 1. The van der Waals surface area contributed by atoms with E-state index in [0.717, 1.165) is 0 Å². The van der Waals surface area contributed by atoms with Crippen LogP contribution in [0.2, 0.25) is 0 Å². The Morgan fingerprint density at radius 3 is 2.30 bits per heavy atom. The van der Waals surface area contributed by atoms with Crippen LogP contribution in [-0.2, 0) is 0 Å². The Hall–Kier alpha value is -2.54. The van der Waals surface area contributed by atoms with Crippen molar-refractivity contribution in [2.75, 3.05) is 27.3 Å². The molecule has 0 aliphatic rings. The predicted molar refractivity (Wildman–Crippen MR) is 88.5 cm³/mol. The molecule has 0 radical (unpaired) electrons. The highest BCUT2D eigenvalue weighted by atomic mass is 32.1. The van der Waals surface area contributed by atoms with Gasteiger partial charge in [-0.2, -0.15) is 0 Å². The Morgan fingerprint density at radius 2 is 1.70 bits per heavy atom. The second-order valence-corrected chi connectivity index (χ2v) is 5.51. The summed E-state index contributed by atoms with van der Waals surface area (Å²) >= 11 is 1.37. The van der Waals surface area contributed by atoms with Crippen LogP contribution in [0.3, 0.4) is 0 Å². The van der Waals surface area contributed by atoms with E-state index in [9.17, 15) is 9.59 Å². The minimum Gasteiger partial charge on any atom is -0.493 e. The highest BCUT2D eigenvalue weighted by molar-refractivity contribution is 7.12. The van der Waals surface area contributed by atoms with E-state index >= 15 is 0 Å². The third-order valence-corrected chi connectivity index (χ3v) is 3.96. The third kappa shape index (κ3) is 4.46. The fraction of sp³-hybridized carbons (Fsp3) is 0.250. The van der Waals surface area contributed by atoms with Gasteiger partial charge in [0.25, 0.3) is 11.8 Å². The summed E-state index contributed by atoms with van der Waals surface area (Å²) < 4.78 is 10.3. The zero-order valence-corrected chi connectivity index (χ0v) is 13.7. The number of benzene rings is 1. The molecule has 2 amide bonds. The molecular formula is C16H18N2O4S. The van der Waals surface area contributed by atoms with Crippen molar-refractivity contribution in [2.45, 2.75) is 0 Å². The molecule has 0 spiro atoms. The maximum atomic E-state index is 12.1. The number of carbonyl (C=O) groups is 2. The molecule has 0 bridgehead atoms. The molecule has 23 heavy (non-hydrogen) atoms. The standard InChI is InChI=1S/C16H18N2O4S/c1-21-12-6-5-11(10-13(12)22-2)15(19)17-7-8-18-16(20)14-4-3-9-23-14/h3-6,9-10H,7-8H2,1-2H3,(H,17,19)(H,18,20). The van der Waals surface area contributed by atoms with E-state index < -0.39 is 0 Å². The SMILES string of the molecule is COc1ccc(C(=O)NCCNC(=O)c2cccs2)cc1OC. The molecule has 7 heteroatoms. The fourth-order valence-electron chi connectivity index (χ4n) is 1.93. The lowest BCUT2D eigenvalue weighted by Gasteiger charge is -2.10. The number of methoxy groups -OCH3 is 2. The van der Waals surface area contributed by atoms with Crippen molar-refractivity contribution in [3.8, 4) is 11.5 Å². The van der Waals surface area contributed by atoms with Crippen molar-refractivity contribution >= 4 is 23.2 Å². The van der Waals surface area contributed by atoms with E-state index in [4.69, 9.17) is 9.47 Å². The van der Waals surface area contributed by atoms with E-state index in [1.165, 1.54) is 25.6 Å². The molecule has 0 aliphatic heterocycles. The van der Waals surface area contributed by atoms with Crippen LogP contribution in [0.1, 0.15) is 20.0 Å². The van der Waals surface area contributed by atoms with Crippen LogP contribution in [0.5, 0.6) is 11.5 Å². The van der Waals surface area contributed by atoms with Crippen LogP contribution >= 0.6 is 11.3 Å². The molecule has 2 aromatic rings. The average Bonchev–Trinajstić information content (AvgIpc) is 3.12. The topological polar surface area (TPSA) is 76.7 Å². The van der Waals surface area contributed by atoms with Gasteiger partial charge < -0.3 is 20.1 Å². The molecular weight excluding hydrogens is 316 g/mol. The summed E-state index contributed by atoms with van der Waals surface area (Å²) in [7, 11) is 3.05. The van der Waals surface area contributed by atoms with Gasteiger partial charge in [-0.15, -0.1) is 11.3 Å². The van der Waals surface area contributed by atoms with Gasteiger partial charge >= 0.3 is 0 Å². The van der Waals surface area contributed by atoms with Gasteiger partial charge in [-0.05, 0) is 29.6 Å². The van der Waals surface area contributed by atoms with Crippen molar-refractivity contribution in [3.05, 3.63) is 46.2 Å². The lowest BCUT2D eigenvalue weighted by atomic mass is 10.2. The average molecular weight is 334 g/mol. The largest absolute Gasteiger partial charge is 0.493 e. The van der Waals surface area contributed by atoms with E-state index in [1.54, 1.807) is 24.3 Å². The van der Waals surface area contributed by atoms with E-state index in [0.29, 0.717) is 35.0 Å². The maximum absolute atomic E-state index is 12.1. The first-order valence-corrected chi connectivity index (χ1v) is 7.85. The van der Waals surface area contributed by atoms with Crippen molar-refractivity contribution < 1.29 is 19.1 Å². The van der Waals surface area contributed by atoms with Gasteiger partial charge in [0.05, 0.1) is 19.1 Å². The van der Waals surface area contributed by atoms with E-state index in [-0.39, 0.29) is 11.8 Å². The van der Waals surface area contributed by atoms with E-state index in [2.05, 4.69) is 10.6 Å². The van der Waals surface area contributed by atoms with Gasteiger partial charge in [-0.3, -0.25) is 9.59 Å². The zero-order chi connectivity index (χ0) is 16.7. The van der Waals surface area contributed by atoms with Crippen LogP contribution in [0.4, 0.5) is 0 Å². The smallest absolute Gasteiger partial charge is 0.261 e. The van der Waals surface area contributed by atoms with Crippen molar-refractivity contribution in [1.82, 2.24) is 10.6 Å². The Bertz CT molecular complexity index is 671. The third-order valence-electron chi connectivity index (χ3n) is 3.09. The number of hydrogen-bond acceptors (Lipinski definition) is 5. The highest BCUT2D eigenvalue weighted by Gasteiger charge is 2.10. The van der Waals surface area contributed by atoms with E-state index in [1.807, 2.05) is 11.4 Å². The van der Waals surface area contributed by atoms with Crippen molar-refractivity contribution in [3.63, 3.8) is 0 Å². The van der Waals surface area contributed by atoms with Gasteiger partial charge in [0.2, 0.25) is 0 Å². The normalized spacial score (nSPS) is 10.0. The first-order valence-electron chi connectivity index (χ1n) is 6.97. The van der Waals surface area contributed by atoms with Crippen molar-refractivity contribution in [1.29, 1.82) is 0 Å². The molecule has 0 fully saturated rings. The van der Waals surface area contributed by atoms with Gasteiger partial charge in [-0.25, -0.2) is 0 Å². The summed E-state index contributed by atoms with van der Waals surface area (Å²) in [5, 5.41) is 7.33. The molecule has 2 N–H and O–H groups in total. The lowest BCUT2D eigenvalue weighted by molar-refractivity contribution is 0.0929. The summed E-state index contributed by atoms with van der Waals surface area (Å²) in [6.07, 6.45) is 0. The van der Waals surface area contributed by atoms with Gasteiger partial charge in [0.15, 0.2) is 11.5 Å². The highest BCUT2D eigenvalue weighted by Crippen LogP contribution is 2.27. The first kappa shape index (κ1) is 16.8. The summed E-state index contributed by atoms with van der Waals surface area (Å²) in [5.41, 5.74) is 0.465. The zero-order valence-electron chi connectivity index (χ0n) is 12.9. The number of amides is 2. The minimum absolute atomic E-state index is 0.139. The summed E-state index contributed by atoms with van der Waals surface area (Å²) in [5.74, 6) is 0.676. The second kappa shape index (κ2) is 8.19. The van der Waals surface area contributed by atoms with Gasteiger partial charge in [0.1, 0.15) is 0 Å². The Kier molecular flexibility index (Phi) is 5.99. The molecule has 0 unspecified atom stereocenters. The molecule has 1 aromatic heterocycles. The van der Waals surface area contributed by atoms with Crippen LogP contribution in [0, 0.1) is 0 Å². The van der Waals surface area contributed by atoms with Gasteiger partial charge in [-0.1, -0.05) is 6.07 Å². The predicted octanol–water partition coefficient (Wildman–Crippen LogP) is 1.93. The molecule has 0 atom stereocenters. The summed E-state index contributed by atoms with van der Waals surface area (Å²) in [6, 6.07) is 8.51. The van der Waals surface area contributed by atoms with Crippen LogP contribution in [0.25, 0.3) is 0 Å². The Balaban J connectivity index is 1.82. The van der Waals surface area contributed by atoms with Crippen molar-refractivity contribution in [2.24, 2.45) is 0 Å². The lowest BCUT2D eigenvalue weighted by Crippen LogP contribution is -2.34. The Morgan fingerprint density at radius 1 is 1.00 bits per heavy atom. The number of hydrogen-bond donors (Lipinski definition) is 2. The number of nitrogens with one attached hydrogen (secondary N) is 2. The maximum Gasteiger partial charge on any atom is 0.261 e. The molecule has 122 valence electrons. The number of carbonyl (C=O) groups excluding carboxylic acids is 2. The molecule has 0 saturated heterocycles. The first-order chi connectivity index (χ1) is 11.2. The minimum atomic E-state index is -0.240. The summed E-state index contributed by atoms with van der Waals surface area (Å²) in [6.45, 7) is 0.695. The molecule has 2 rings (SSSR count). The van der Waals surface area contributed by atoms with Crippen LogP contribution in [0.15, 0.2) is 35.7 Å². The molecule has 1 aromatic carbocycles. The second-order valence-electron chi connectivity index (χ2n) is 4.56. The quantitative estimate of drug-likeness (QED) is 0.759. The molecule has 1 heterocycles. The number of rotatable bonds is 7.